The summed E-state index contributed by atoms with van der Waals surface area (Å²) in [6.07, 6.45) is 0.814. The zero-order valence-corrected chi connectivity index (χ0v) is 10.3. The van der Waals surface area contributed by atoms with Gasteiger partial charge in [0, 0.05) is 15.0 Å². The molecule has 13 heavy (non-hydrogen) atoms. The Morgan fingerprint density at radius 1 is 1.23 bits per heavy atom. The van der Waals surface area contributed by atoms with Gasteiger partial charge in [0.25, 0.3) is 0 Å². The van der Waals surface area contributed by atoms with Crippen molar-refractivity contribution in [3.05, 3.63) is 32.7 Å². The molecule has 0 amide bonds. The first kappa shape index (κ1) is 11.2. The lowest BCUT2D eigenvalue weighted by atomic mass is 10.1. The molecule has 0 aliphatic carbocycles. The maximum Gasteiger partial charge on any atom is 0.0320 e. The summed E-state index contributed by atoms with van der Waals surface area (Å²) in [6, 6.07) is 6.05. The van der Waals surface area contributed by atoms with Gasteiger partial charge in [-0.3, -0.25) is 0 Å². The molecule has 0 fully saturated rings. The second-order valence-electron chi connectivity index (χ2n) is 2.86. The predicted octanol–water partition coefficient (Wildman–Crippen LogP) is 2.56. The molecule has 0 aliphatic rings. The standard InChI is InChI=1S/C9H12Br2N2/c10-7-2-1-6(5-8(7)11)9(13)3-4-12/h1-2,5,9H,3-4,12-13H2/t9-/m1/s1. The highest BCUT2D eigenvalue weighted by Gasteiger charge is 2.06. The molecule has 0 heterocycles. The van der Waals surface area contributed by atoms with Crippen LogP contribution in [-0.2, 0) is 0 Å². The summed E-state index contributed by atoms with van der Waals surface area (Å²) < 4.78 is 2.06. The Hall–Kier alpha value is 0.1000. The first-order chi connectivity index (χ1) is 6.15. The molecule has 4 heteroatoms. The SMILES string of the molecule is NCC[C@@H](N)c1ccc(Br)c(Br)c1. The normalized spacial score (nSPS) is 12.9. The van der Waals surface area contributed by atoms with E-state index in [4.69, 9.17) is 11.5 Å². The van der Waals surface area contributed by atoms with Crippen molar-refractivity contribution in [2.75, 3.05) is 6.54 Å². The first-order valence-corrected chi connectivity index (χ1v) is 5.64. The van der Waals surface area contributed by atoms with Crippen molar-refractivity contribution in [1.82, 2.24) is 0 Å². The van der Waals surface area contributed by atoms with Crippen molar-refractivity contribution < 1.29 is 0 Å². The number of halogens is 2. The predicted molar refractivity (Wildman–Crippen MR) is 62.4 cm³/mol. The number of rotatable bonds is 3. The molecule has 72 valence electrons. The first-order valence-electron chi connectivity index (χ1n) is 4.05. The van der Waals surface area contributed by atoms with E-state index in [-0.39, 0.29) is 6.04 Å². The second kappa shape index (κ2) is 5.10. The Bertz CT molecular complexity index is 289. The molecule has 2 nitrogen and oxygen atoms in total. The van der Waals surface area contributed by atoms with Crippen LogP contribution in [0.2, 0.25) is 0 Å². The lowest BCUT2D eigenvalue weighted by Crippen LogP contribution is -2.15. The minimum atomic E-state index is 0.0365. The summed E-state index contributed by atoms with van der Waals surface area (Å²) >= 11 is 6.84. The smallest absolute Gasteiger partial charge is 0.0320 e. The van der Waals surface area contributed by atoms with Gasteiger partial charge in [0.1, 0.15) is 0 Å². The highest BCUT2D eigenvalue weighted by molar-refractivity contribution is 9.13. The molecular weight excluding hydrogens is 296 g/mol. The van der Waals surface area contributed by atoms with Gasteiger partial charge in [-0.25, -0.2) is 0 Å². The topological polar surface area (TPSA) is 52.0 Å². The molecular formula is C9H12Br2N2. The zero-order chi connectivity index (χ0) is 9.84. The largest absolute Gasteiger partial charge is 0.330 e. The molecule has 0 aromatic heterocycles. The van der Waals surface area contributed by atoms with Crippen LogP contribution in [-0.4, -0.2) is 6.54 Å². The highest BCUT2D eigenvalue weighted by atomic mass is 79.9. The molecule has 0 saturated carbocycles. The van der Waals surface area contributed by atoms with E-state index in [1.54, 1.807) is 0 Å². The van der Waals surface area contributed by atoms with E-state index in [9.17, 15) is 0 Å². The van der Waals surface area contributed by atoms with Gasteiger partial charge in [-0.15, -0.1) is 0 Å². The van der Waals surface area contributed by atoms with Gasteiger partial charge in [-0.1, -0.05) is 6.07 Å². The summed E-state index contributed by atoms with van der Waals surface area (Å²) in [5.41, 5.74) is 12.5. The minimum absolute atomic E-state index is 0.0365. The van der Waals surface area contributed by atoms with E-state index in [2.05, 4.69) is 31.9 Å². The zero-order valence-electron chi connectivity index (χ0n) is 7.13. The number of hydrogen-bond donors (Lipinski definition) is 2. The quantitative estimate of drug-likeness (QED) is 0.901. The molecule has 1 aromatic carbocycles. The van der Waals surface area contributed by atoms with Crippen LogP contribution in [0, 0.1) is 0 Å². The van der Waals surface area contributed by atoms with Crippen LogP contribution >= 0.6 is 31.9 Å². The fourth-order valence-corrected chi connectivity index (χ4v) is 1.73. The molecule has 0 aliphatic heterocycles. The Balaban J connectivity index is 2.84. The second-order valence-corrected chi connectivity index (χ2v) is 4.57. The van der Waals surface area contributed by atoms with Crippen molar-refractivity contribution >= 4 is 31.9 Å². The monoisotopic (exact) mass is 306 g/mol. The van der Waals surface area contributed by atoms with Gasteiger partial charge >= 0.3 is 0 Å². The molecule has 1 atom stereocenters. The molecule has 0 radical (unpaired) electrons. The van der Waals surface area contributed by atoms with Gasteiger partial charge in [0.05, 0.1) is 0 Å². The highest BCUT2D eigenvalue weighted by Crippen LogP contribution is 2.26. The van der Waals surface area contributed by atoms with E-state index in [0.29, 0.717) is 6.54 Å². The third-order valence-corrected chi connectivity index (χ3v) is 3.73. The molecule has 1 rings (SSSR count). The van der Waals surface area contributed by atoms with Crippen molar-refractivity contribution in [1.29, 1.82) is 0 Å². The summed E-state index contributed by atoms with van der Waals surface area (Å²) in [7, 11) is 0. The Morgan fingerprint density at radius 3 is 2.46 bits per heavy atom. The van der Waals surface area contributed by atoms with Crippen LogP contribution < -0.4 is 11.5 Å². The summed E-state index contributed by atoms with van der Waals surface area (Å²) in [4.78, 5) is 0. The summed E-state index contributed by atoms with van der Waals surface area (Å²) in [5.74, 6) is 0. The molecule has 0 bridgehead atoms. The van der Waals surface area contributed by atoms with Crippen LogP contribution in [0.3, 0.4) is 0 Å². The van der Waals surface area contributed by atoms with E-state index >= 15 is 0 Å². The van der Waals surface area contributed by atoms with Crippen molar-refractivity contribution in [3.8, 4) is 0 Å². The third kappa shape index (κ3) is 3.06. The Labute approximate surface area is 94.9 Å². The summed E-state index contributed by atoms with van der Waals surface area (Å²) in [5, 5.41) is 0. The fraction of sp³-hybridized carbons (Fsp3) is 0.333. The molecule has 0 unspecified atom stereocenters. The Morgan fingerprint density at radius 2 is 1.92 bits per heavy atom. The number of nitrogens with two attached hydrogens (primary N) is 2. The maximum absolute atomic E-state index is 5.91. The van der Waals surface area contributed by atoms with Crippen LogP contribution in [0.5, 0.6) is 0 Å². The van der Waals surface area contributed by atoms with Crippen LogP contribution in [0.4, 0.5) is 0 Å². The molecule has 0 saturated heterocycles. The summed E-state index contributed by atoms with van der Waals surface area (Å²) in [6.45, 7) is 0.620. The maximum atomic E-state index is 5.91. The number of benzene rings is 1. The molecule has 1 aromatic rings. The van der Waals surface area contributed by atoms with Gasteiger partial charge in [0.15, 0.2) is 0 Å². The average Bonchev–Trinajstić information content (AvgIpc) is 2.10. The van der Waals surface area contributed by atoms with E-state index < -0.39 is 0 Å². The van der Waals surface area contributed by atoms with Crippen LogP contribution in [0.15, 0.2) is 27.1 Å². The van der Waals surface area contributed by atoms with Crippen molar-refractivity contribution in [2.45, 2.75) is 12.5 Å². The Kier molecular flexibility index (Phi) is 4.38. The minimum Gasteiger partial charge on any atom is -0.330 e. The molecule has 4 N–H and O–H groups in total. The third-order valence-electron chi connectivity index (χ3n) is 1.85. The van der Waals surface area contributed by atoms with Crippen LogP contribution in [0.1, 0.15) is 18.0 Å². The van der Waals surface area contributed by atoms with Gasteiger partial charge in [-0.2, -0.15) is 0 Å². The van der Waals surface area contributed by atoms with Crippen molar-refractivity contribution in [2.24, 2.45) is 11.5 Å². The van der Waals surface area contributed by atoms with Crippen molar-refractivity contribution in [3.63, 3.8) is 0 Å². The number of hydrogen-bond acceptors (Lipinski definition) is 2. The van der Waals surface area contributed by atoms with E-state index in [0.717, 1.165) is 20.9 Å². The lowest BCUT2D eigenvalue weighted by Gasteiger charge is -2.11. The fourth-order valence-electron chi connectivity index (χ4n) is 1.09. The van der Waals surface area contributed by atoms with E-state index in [1.807, 2.05) is 18.2 Å². The van der Waals surface area contributed by atoms with Crippen LogP contribution in [0.25, 0.3) is 0 Å². The molecule has 0 spiro atoms. The van der Waals surface area contributed by atoms with Gasteiger partial charge < -0.3 is 11.5 Å². The lowest BCUT2D eigenvalue weighted by molar-refractivity contribution is 0.661. The van der Waals surface area contributed by atoms with Gasteiger partial charge in [0.2, 0.25) is 0 Å². The average molecular weight is 308 g/mol. The van der Waals surface area contributed by atoms with Gasteiger partial charge in [-0.05, 0) is 62.5 Å². The van der Waals surface area contributed by atoms with E-state index in [1.165, 1.54) is 0 Å².